The standard InChI is InChI=1S/C22H19N3/c1-2-14-7-9-15(10-8-14)21-18-13-24-22-20(18)17(11-12-23-22)16-5-3-4-6-19(16)25-21/h3-13,21,25H,2H2,1H3,(H,23,24). The number of hydrogen-bond donors (Lipinski definition) is 2. The molecule has 0 bridgehead atoms. The van der Waals surface area contributed by atoms with Crippen LogP contribution in [0.4, 0.5) is 5.69 Å². The second-order valence-corrected chi connectivity index (χ2v) is 6.54. The zero-order valence-corrected chi connectivity index (χ0v) is 14.1. The van der Waals surface area contributed by atoms with Crippen molar-refractivity contribution in [1.29, 1.82) is 0 Å². The van der Waals surface area contributed by atoms with Crippen LogP contribution in [-0.4, -0.2) is 9.97 Å². The molecule has 1 atom stereocenters. The number of para-hydroxylation sites is 1. The van der Waals surface area contributed by atoms with Crippen molar-refractivity contribution >= 4 is 16.7 Å². The molecule has 0 aliphatic carbocycles. The first kappa shape index (κ1) is 14.3. The lowest BCUT2D eigenvalue weighted by atomic mass is 9.96. The average Bonchev–Trinajstić information content (AvgIpc) is 3.04. The molecule has 3 nitrogen and oxygen atoms in total. The predicted molar refractivity (Wildman–Crippen MR) is 103 cm³/mol. The second kappa shape index (κ2) is 5.49. The van der Waals surface area contributed by atoms with Gasteiger partial charge in [-0.1, -0.05) is 49.4 Å². The van der Waals surface area contributed by atoms with Crippen LogP contribution in [0.25, 0.3) is 22.2 Å². The van der Waals surface area contributed by atoms with Gasteiger partial charge in [-0.2, -0.15) is 0 Å². The predicted octanol–water partition coefficient (Wildman–Crippen LogP) is 5.31. The lowest BCUT2D eigenvalue weighted by Crippen LogP contribution is -2.11. The highest BCUT2D eigenvalue weighted by atomic mass is 14.9. The zero-order valence-electron chi connectivity index (χ0n) is 14.1. The van der Waals surface area contributed by atoms with E-state index < -0.39 is 0 Å². The fraction of sp³-hybridized carbons (Fsp3) is 0.136. The molecule has 1 aliphatic rings. The van der Waals surface area contributed by atoms with Crippen LogP contribution in [0.5, 0.6) is 0 Å². The molecule has 4 aromatic rings. The summed E-state index contributed by atoms with van der Waals surface area (Å²) in [5.74, 6) is 0. The topological polar surface area (TPSA) is 40.7 Å². The van der Waals surface area contributed by atoms with Crippen LogP contribution < -0.4 is 5.32 Å². The Hall–Kier alpha value is -3.07. The van der Waals surface area contributed by atoms with Crippen molar-refractivity contribution in [1.82, 2.24) is 9.97 Å². The molecular weight excluding hydrogens is 306 g/mol. The third-order valence-corrected chi connectivity index (χ3v) is 5.15. The molecule has 0 saturated carbocycles. The third-order valence-electron chi connectivity index (χ3n) is 5.15. The smallest absolute Gasteiger partial charge is 0.138 e. The minimum atomic E-state index is 0.103. The number of nitrogens with one attached hydrogen (secondary N) is 2. The van der Waals surface area contributed by atoms with Crippen molar-refractivity contribution in [2.24, 2.45) is 0 Å². The summed E-state index contributed by atoms with van der Waals surface area (Å²) in [6.45, 7) is 2.19. The number of fused-ring (bicyclic) bond motifs is 2. The lowest BCUT2D eigenvalue weighted by Gasteiger charge is -2.19. The van der Waals surface area contributed by atoms with Crippen LogP contribution in [-0.2, 0) is 6.42 Å². The summed E-state index contributed by atoms with van der Waals surface area (Å²) in [6, 6.07) is 19.6. The van der Waals surface area contributed by atoms with Crippen molar-refractivity contribution in [3.05, 3.63) is 83.7 Å². The fourth-order valence-corrected chi connectivity index (χ4v) is 3.82. The molecule has 25 heavy (non-hydrogen) atoms. The van der Waals surface area contributed by atoms with E-state index in [9.17, 15) is 0 Å². The fourth-order valence-electron chi connectivity index (χ4n) is 3.82. The molecule has 5 rings (SSSR count). The molecule has 0 fully saturated rings. The Morgan fingerprint density at radius 2 is 1.80 bits per heavy atom. The van der Waals surface area contributed by atoms with E-state index in [-0.39, 0.29) is 6.04 Å². The van der Waals surface area contributed by atoms with Crippen LogP contribution in [0.2, 0.25) is 0 Å². The molecule has 2 aromatic heterocycles. The van der Waals surface area contributed by atoms with E-state index in [1.54, 1.807) is 0 Å². The number of benzene rings is 2. The van der Waals surface area contributed by atoms with Gasteiger partial charge in [0.2, 0.25) is 0 Å². The van der Waals surface area contributed by atoms with E-state index in [4.69, 9.17) is 0 Å². The van der Waals surface area contributed by atoms with Gasteiger partial charge in [0.05, 0.1) is 6.04 Å². The Labute approximate surface area is 146 Å². The van der Waals surface area contributed by atoms with Crippen molar-refractivity contribution in [3.63, 3.8) is 0 Å². The highest BCUT2D eigenvalue weighted by Crippen LogP contribution is 2.43. The van der Waals surface area contributed by atoms with Crippen molar-refractivity contribution in [2.45, 2.75) is 19.4 Å². The van der Waals surface area contributed by atoms with Crippen LogP contribution in [0.1, 0.15) is 29.7 Å². The number of aromatic nitrogens is 2. The van der Waals surface area contributed by atoms with E-state index in [0.717, 1.165) is 17.8 Å². The van der Waals surface area contributed by atoms with Gasteiger partial charge in [-0.25, -0.2) is 4.98 Å². The maximum absolute atomic E-state index is 4.53. The molecule has 2 N–H and O–H groups in total. The van der Waals surface area contributed by atoms with Gasteiger partial charge in [0.25, 0.3) is 0 Å². The summed E-state index contributed by atoms with van der Waals surface area (Å²) in [4.78, 5) is 7.88. The molecule has 0 radical (unpaired) electrons. The van der Waals surface area contributed by atoms with Crippen LogP contribution >= 0.6 is 0 Å². The van der Waals surface area contributed by atoms with Crippen LogP contribution in [0.3, 0.4) is 0 Å². The molecule has 2 aromatic carbocycles. The van der Waals surface area contributed by atoms with Gasteiger partial charge in [0, 0.05) is 34.6 Å². The molecule has 0 spiro atoms. The Bertz CT molecular complexity index is 1060. The summed E-state index contributed by atoms with van der Waals surface area (Å²) in [5.41, 5.74) is 8.44. The first-order valence-corrected chi connectivity index (χ1v) is 8.76. The molecular formula is C22H19N3. The third kappa shape index (κ3) is 2.16. The maximum atomic E-state index is 4.53. The quantitative estimate of drug-likeness (QED) is 0.524. The molecule has 1 unspecified atom stereocenters. The number of rotatable bonds is 2. The summed E-state index contributed by atoms with van der Waals surface area (Å²) in [5, 5.41) is 4.97. The number of nitrogens with zero attached hydrogens (tertiary/aromatic N) is 1. The minimum absolute atomic E-state index is 0.103. The van der Waals surface area contributed by atoms with E-state index in [0.29, 0.717) is 0 Å². The van der Waals surface area contributed by atoms with Gasteiger partial charge in [-0.15, -0.1) is 0 Å². The normalized spacial score (nSPS) is 15.5. The number of anilines is 1. The van der Waals surface area contributed by atoms with Gasteiger partial charge in [-0.3, -0.25) is 0 Å². The van der Waals surface area contributed by atoms with Crippen LogP contribution in [0, 0.1) is 0 Å². The Morgan fingerprint density at radius 1 is 0.960 bits per heavy atom. The largest absolute Gasteiger partial charge is 0.374 e. The molecule has 1 aliphatic heterocycles. The number of hydrogen-bond acceptors (Lipinski definition) is 2. The summed E-state index contributed by atoms with van der Waals surface area (Å²) < 4.78 is 0. The molecule has 122 valence electrons. The van der Waals surface area contributed by atoms with Gasteiger partial charge in [-0.05, 0) is 35.2 Å². The van der Waals surface area contributed by atoms with E-state index in [2.05, 4.69) is 83.0 Å². The lowest BCUT2D eigenvalue weighted by molar-refractivity contribution is 0.949. The first-order chi connectivity index (χ1) is 12.3. The number of aryl methyl sites for hydroxylation is 1. The zero-order chi connectivity index (χ0) is 16.8. The molecule has 3 heterocycles. The second-order valence-electron chi connectivity index (χ2n) is 6.54. The Kier molecular flexibility index (Phi) is 3.14. The average molecular weight is 325 g/mol. The number of H-pyrrole nitrogens is 1. The first-order valence-electron chi connectivity index (χ1n) is 8.76. The van der Waals surface area contributed by atoms with Gasteiger partial charge >= 0.3 is 0 Å². The summed E-state index contributed by atoms with van der Waals surface area (Å²) in [6.07, 6.45) is 5.03. The summed E-state index contributed by atoms with van der Waals surface area (Å²) in [7, 11) is 0. The van der Waals surface area contributed by atoms with E-state index >= 15 is 0 Å². The molecule has 0 saturated heterocycles. The highest BCUT2D eigenvalue weighted by Gasteiger charge is 2.25. The molecule has 0 amide bonds. The Balaban J connectivity index is 1.78. The van der Waals surface area contributed by atoms with Gasteiger partial charge in [0.15, 0.2) is 0 Å². The van der Waals surface area contributed by atoms with Crippen molar-refractivity contribution in [3.8, 4) is 11.1 Å². The van der Waals surface area contributed by atoms with Gasteiger partial charge < -0.3 is 10.3 Å². The van der Waals surface area contributed by atoms with Crippen molar-refractivity contribution in [2.75, 3.05) is 5.32 Å². The van der Waals surface area contributed by atoms with Crippen molar-refractivity contribution < 1.29 is 0 Å². The SMILES string of the molecule is CCc1ccc(C2Nc3ccccc3-c3ccnc4[nH]cc2c34)cc1. The summed E-state index contributed by atoms with van der Waals surface area (Å²) >= 11 is 0. The van der Waals surface area contributed by atoms with Crippen LogP contribution in [0.15, 0.2) is 67.0 Å². The minimum Gasteiger partial charge on any atom is -0.374 e. The highest BCUT2D eigenvalue weighted by molar-refractivity contribution is 6.01. The van der Waals surface area contributed by atoms with E-state index in [1.807, 2.05) is 6.20 Å². The monoisotopic (exact) mass is 325 g/mol. The van der Waals surface area contributed by atoms with E-state index in [1.165, 1.54) is 33.2 Å². The number of pyridine rings is 1. The maximum Gasteiger partial charge on any atom is 0.138 e. The Morgan fingerprint density at radius 3 is 2.64 bits per heavy atom. The molecule has 3 heteroatoms. The number of aromatic amines is 1. The van der Waals surface area contributed by atoms with Gasteiger partial charge in [0.1, 0.15) is 5.65 Å².